The van der Waals surface area contributed by atoms with Gasteiger partial charge in [0.15, 0.2) is 11.5 Å². The fourth-order valence-electron chi connectivity index (χ4n) is 3.44. The van der Waals surface area contributed by atoms with Crippen LogP contribution >= 0.6 is 0 Å². The highest BCUT2D eigenvalue weighted by Gasteiger charge is 2.30. The van der Waals surface area contributed by atoms with Crippen molar-refractivity contribution in [2.75, 3.05) is 36.7 Å². The number of fused-ring (bicyclic) bond motifs is 1. The third kappa shape index (κ3) is 4.37. The minimum Gasteiger partial charge on any atom is -0.494 e. The van der Waals surface area contributed by atoms with Crippen LogP contribution in [0.2, 0.25) is 0 Å². The fourth-order valence-corrected chi connectivity index (χ4v) is 3.44. The monoisotopic (exact) mass is 397 g/mol. The van der Waals surface area contributed by atoms with Crippen molar-refractivity contribution in [1.82, 2.24) is 5.32 Å². The van der Waals surface area contributed by atoms with Gasteiger partial charge in [-0.2, -0.15) is 0 Å². The Labute approximate surface area is 168 Å². The summed E-state index contributed by atoms with van der Waals surface area (Å²) in [6.45, 7) is 3.70. The van der Waals surface area contributed by atoms with Crippen LogP contribution in [0.25, 0.3) is 0 Å². The maximum Gasteiger partial charge on any atom is 0.319 e. The molecule has 0 spiro atoms. The molecule has 0 bridgehead atoms. The lowest BCUT2D eigenvalue weighted by Gasteiger charge is -2.17. The van der Waals surface area contributed by atoms with Gasteiger partial charge in [-0.05, 0) is 43.3 Å². The van der Waals surface area contributed by atoms with Crippen LogP contribution in [0.15, 0.2) is 42.5 Å². The molecule has 8 heteroatoms. The van der Waals surface area contributed by atoms with Gasteiger partial charge in [0, 0.05) is 42.9 Å². The van der Waals surface area contributed by atoms with E-state index in [1.165, 1.54) is 0 Å². The molecule has 2 aromatic carbocycles. The van der Waals surface area contributed by atoms with Crippen molar-refractivity contribution in [3.8, 4) is 17.2 Å². The molecule has 8 nitrogen and oxygen atoms in total. The number of urea groups is 1. The number of carbonyl (C=O) groups is 2. The molecule has 2 aliphatic rings. The molecule has 1 fully saturated rings. The zero-order valence-electron chi connectivity index (χ0n) is 16.1. The molecular weight excluding hydrogens is 374 g/mol. The van der Waals surface area contributed by atoms with Crippen LogP contribution in [0.3, 0.4) is 0 Å². The average Bonchev–Trinajstić information content (AvgIpc) is 3.33. The van der Waals surface area contributed by atoms with Crippen molar-refractivity contribution in [3.63, 3.8) is 0 Å². The van der Waals surface area contributed by atoms with Gasteiger partial charge in [0.25, 0.3) is 0 Å². The van der Waals surface area contributed by atoms with Crippen LogP contribution < -0.4 is 29.7 Å². The number of hydrogen-bond acceptors (Lipinski definition) is 5. The minimum absolute atomic E-state index is 0.0524. The Kier molecular flexibility index (Phi) is 5.41. The van der Waals surface area contributed by atoms with E-state index in [-0.39, 0.29) is 24.6 Å². The molecule has 1 saturated heterocycles. The first-order chi connectivity index (χ1) is 14.1. The van der Waals surface area contributed by atoms with Crippen LogP contribution in [0.1, 0.15) is 13.3 Å². The van der Waals surface area contributed by atoms with Gasteiger partial charge in [0.1, 0.15) is 5.75 Å². The second-order valence-corrected chi connectivity index (χ2v) is 6.90. The summed E-state index contributed by atoms with van der Waals surface area (Å²) in [5, 5.41) is 5.61. The van der Waals surface area contributed by atoms with Gasteiger partial charge in [0.2, 0.25) is 12.7 Å². The molecule has 29 heavy (non-hydrogen) atoms. The summed E-state index contributed by atoms with van der Waals surface area (Å²) in [5.41, 5.74) is 1.45. The Bertz CT molecular complexity index is 900. The lowest BCUT2D eigenvalue weighted by atomic mass is 10.1. The Morgan fingerprint density at radius 2 is 1.97 bits per heavy atom. The van der Waals surface area contributed by atoms with E-state index in [1.807, 2.05) is 31.2 Å². The zero-order valence-corrected chi connectivity index (χ0v) is 16.1. The topological polar surface area (TPSA) is 89.1 Å². The van der Waals surface area contributed by atoms with Gasteiger partial charge >= 0.3 is 6.03 Å². The van der Waals surface area contributed by atoms with Crippen LogP contribution in [-0.4, -0.2) is 38.4 Å². The first kappa shape index (κ1) is 18.9. The third-order valence-electron chi connectivity index (χ3n) is 4.85. The maximum absolute atomic E-state index is 12.4. The van der Waals surface area contributed by atoms with Crippen LogP contribution in [0.4, 0.5) is 16.2 Å². The normalized spacial score (nSPS) is 17.3. The summed E-state index contributed by atoms with van der Waals surface area (Å²) in [6, 6.07) is 12.4. The number of anilines is 2. The van der Waals surface area contributed by atoms with Crippen molar-refractivity contribution in [3.05, 3.63) is 42.5 Å². The van der Waals surface area contributed by atoms with E-state index in [2.05, 4.69) is 10.6 Å². The van der Waals surface area contributed by atoms with E-state index < -0.39 is 0 Å². The highest BCUT2D eigenvalue weighted by molar-refractivity contribution is 5.96. The maximum atomic E-state index is 12.4. The number of rotatable bonds is 6. The molecule has 0 aliphatic carbocycles. The van der Waals surface area contributed by atoms with E-state index >= 15 is 0 Å². The summed E-state index contributed by atoms with van der Waals surface area (Å²) < 4.78 is 16.0. The highest BCUT2D eigenvalue weighted by Crippen LogP contribution is 2.34. The third-order valence-corrected chi connectivity index (χ3v) is 4.85. The molecule has 2 heterocycles. The molecule has 1 atom stereocenters. The van der Waals surface area contributed by atoms with Crippen LogP contribution in [-0.2, 0) is 4.79 Å². The molecule has 0 radical (unpaired) electrons. The van der Waals surface area contributed by atoms with Crippen molar-refractivity contribution in [2.45, 2.75) is 13.3 Å². The van der Waals surface area contributed by atoms with Crippen molar-refractivity contribution >= 4 is 23.3 Å². The Morgan fingerprint density at radius 3 is 2.76 bits per heavy atom. The lowest BCUT2D eigenvalue weighted by molar-refractivity contribution is -0.117. The van der Waals surface area contributed by atoms with E-state index in [1.54, 1.807) is 23.1 Å². The van der Waals surface area contributed by atoms with Crippen LogP contribution in [0.5, 0.6) is 17.2 Å². The predicted molar refractivity (Wildman–Crippen MR) is 108 cm³/mol. The zero-order chi connectivity index (χ0) is 20.2. The summed E-state index contributed by atoms with van der Waals surface area (Å²) >= 11 is 0. The van der Waals surface area contributed by atoms with Gasteiger partial charge in [-0.1, -0.05) is 0 Å². The molecule has 1 unspecified atom stereocenters. The highest BCUT2D eigenvalue weighted by atomic mass is 16.7. The number of amides is 3. The second kappa shape index (κ2) is 8.30. The van der Waals surface area contributed by atoms with Gasteiger partial charge in [-0.3, -0.25) is 4.79 Å². The first-order valence-corrected chi connectivity index (χ1v) is 9.60. The molecule has 152 valence electrons. The Hall–Kier alpha value is -3.42. The number of benzene rings is 2. The second-order valence-electron chi connectivity index (χ2n) is 6.90. The number of carbonyl (C=O) groups excluding carboxylic acids is 2. The minimum atomic E-state index is -0.323. The van der Waals surface area contributed by atoms with Crippen molar-refractivity contribution in [2.24, 2.45) is 5.92 Å². The van der Waals surface area contributed by atoms with E-state index in [0.717, 1.165) is 11.4 Å². The molecule has 3 amide bonds. The molecule has 2 N–H and O–H groups in total. The predicted octanol–water partition coefficient (Wildman–Crippen LogP) is 2.99. The average molecular weight is 397 g/mol. The molecule has 2 aromatic rings. The lowest BCUT2D eigenvalue weighted by Crippen LogP contribution is -2.34. The summed E-state index contributed by atoms with van der Waals surface area (Å²) in [5.74, 6) is 2.15. The van der Waals surface area contributed by atoms with Gasteiger partial charge in [-0.25, -0.2) is 4.79 Å². The summed E-state index contributed by atoms with van der Waals surface area (Å²) in [7, 11) is 0. The number of nitrogens with zero attached hydrogens (tertiary/aromatic N) is 1. The smallest absolute Gasteiger partial charge is 0.319 e. The van der Waals surface area contributed by atoms with Crippen molar-refractivity contribution < 1.29 is 23.8 Å². The quantitative estimate of drug-likeness (QED) is 0.782. The SMILES string of the molecule is CCOc1ccc(N2CC(CNC(=O)Nc3ccc4c(c3)OCO4)CC2=O)cc1. The molecule has 2 aliphatic heterocycles. The first-order valence-electron chi connectivity index (χ1n) is 9.60. The molecule has 0 aromatic heterocycles. The summed E-state index contributed by atoms with van der Waals surface area (Å²) in [4.78, 5) is 26.3. The van der Waals surface area contributed by atoms with E-state index in [9.17, 15) is 9.59 Å². The summed E-state index contributed by atoms with van der Waals surface area (Å²) in [6.07, 6.45) is 0.400. The van der Waals surface area contributed by atoms with Crippen LogP contribution in [0, 0.1) is 5.92 Å². The molecule has 0 saturated carbocycles. The Balaban J connectivity index is 1.28. The van der Waals surface area contributed by atoms with Crippen molar-refractivity contribution in [1.29, 1.82) is 0 Å². The molecule has 4 rings (SSSR count). The van der Waals surface area contributed by atoms with Gasteiger partial charge in [0.05, 0.1) is 6.61 Å². The number of ether oxygens (including phenoxy) is 3. The number of nitrogens with one attached hydrogen (secondary N) is 2. The Morgan fingerprint density at radius 1 is 1.17 bits per heavy atom. The van der Waals surface area contributed by atoms with E-state index in [0.29, 0.717) is 43.3 Å². The fraction of sp³-hybridized carbons (Fsp3) is 0.333. The van der Waals surface area contributed by atoms with E-state index in [4.69, 9.17) is 14.2 Å². The largest absolute Gasteiger partial charge is 0.494 e. The standard InChI is InChI=1S/C21H23N3O5/c1-2-27-17-6-4-16(5-7-17)24-12-14(9-20(24)25)11-22-21(26)23-15-3-8-18-19(10-15)29-13-28-18/h3-8,10,14H,2,9,11-13H2,1H3,(H2,22,23,26). The van der Waals surface area contributed by atoms with Gasteiger partial charge < -0.3 is 29.7 Å². The van der Waals surface area contributed by atoms with Gasteiger partial charge in [-0.15, -0.1) is 0 Å². The molecular formula is C21H23N3O5. The number of hydrogen-bond donors (Lipinski definition) is 2.